The minimum Gasteiger partial charge on any atom is -0.393 e. The Morgan fingerprint density at radius 3 is 2.52 bits per heavy atom. The first-order chi connectivity index (χ1) is 13.8. The van der Waals surface area contributed by atoms with Gasteiger partial charge in [-0.1, -0.05) is 0 Å². The summed E-state index contributed by atoms with van der Waals surface area (Å²) in [5, 5.41) is 15.8. The highest BCUT2D eigenvalue weighted by atomic mass is 19.4. The maximum atomic E-state index is 12.8. The van der Waals surface area contributed by atoms with Crippen LogP contribution in [0.3, 0.4) is 0 Å². The lowest BCUT2D eigenvalue weighted by Crippen LogP contribution is -2.43. The Hall–Kier alpha value is -1.28. The predicted octanol–water partition coefficient (Wildman–Crippen LogP) is 3.24. The molecule has 0 aromatic rings. The third-order valence-electron chi connectivity index (χ3n) is 7.28. The second kappa shape index (κ2) is 8.46. The molecular weight excluding hydrogens is 385 g/mol. The Kier molecular flexibility index (Phi) is 6.11. The summed E-state index contributed by atoms with van der Waals surface area (Å²) in [5.41, 5.74) is 0.903. The zero-order valence-corrected chi connectivity index (χ0v) is 16.6. The van der Waals surface area contributed by atoms with Crippen molar-refractivity contribution in [1.29, 1.82) is 0 Å². The van der Waals surface area contributed by atoms with Gasteiger partial charge in [-0.3, -0.25) is 4.79 Å². The van der Waals surface area contributed by atoms with Gasteiger partial charge in [-0.25, -0.2) is 0 Å². The van der Waals surface area contributed by atoms with E-state index in [1.807, 2.05) is 6.20 Å². The Bertz CT molecular complexity index is 625. The molecule has 3 fully saturated rings. The Labute approximate surface area is 169 Å². The van der Waals surface area contributed by atoms with Gasteiger partial charge in [0.2, 0.25) is 5.91 Å². The average molecular weight is 416 g/mol. The molecule has 0 aromatic carbocycles. The molecule has 1 amide bonds. The summed E-state index contributed by atoms with van der Waals surface area (Å²) < 4.78 is 44.5. The van der Waals surface area contributed by atoms with Gasteiger partial charge in [-0.05, 0) is 63.7 Å². The summed E-state index contributed by atoms with van der Waals surface area (Å²) in [6, 6.07) is 0.305. The molecule has 29 heavy (non-hydrogen) atoms. The zero-order valence-electron chi connectivity index (χ0n) is 16.6. The molecule has 0 spiro atoms. The van der Waals surface area contributed by atoms with Gasteiger partial charge < -0.3 is 20.5 Å². The van der Waals surface area contributed by atoms with Gasteiger partial charge in [0.25, 0.3) is 0 Å². The number of halogens is 3. The number of nitrogens with one attached hydrogen (secondary N) is 2. The quantitative estimate of drug-likeness (QED) is 0.644. The van der Waals surface area contributed by atoms with Crippen molar-refractivity contribution in [2.24, 2.45) is 23.7 Å². The van der Waals surface area contributed by atoms with Gasteiger partial charge in [-0.15, -0.1) is 0 Å². The summed E-state index contributed by atoms with van der Waals surface area (Å²) >= 11 is 0. The van der Waals surface area contributed by atoms with E-state index in [-0.39, 0.29) is 48.7 Å². The first-order valence-electron chi connectivity index (χ1n) is 10.9. The normalized spacial score (nSPS) is 39.7. The SMILES string of the molecule is O=C(NC1=CNC2CCC(OCC3CCC(C(F)(F)F)CC3)CC12)C1CC(O)C1. The topological polar surface area (TPSA) is 70.6 Å². The van der Waals surface area contributed by atoms with Crippen LogP contribution >= 0.6 is 0 Å². The van der Waals surface area contributed by atoms with E-state index < -0.39 is 12.1 Å². The van der Waals surface area contributed by atoms with Crippen molar-refractivity contribution < 1.29 is 27.8 Å². The Balaban J connectivity index is 1.21. The molecule has 0 saturated heterocycles. The van der Waals surface area contributed by atoms with Crippen LogP contribution in [-0.4, -0.2) is 42.0 Å². The van der Waals surface area contributed by atoms with E-state index in [1.54, 1.807) is 0 Å². The molecule has 1 heterocycles. The van der Waals surface area contributed by atoms with Crippen molar-refractivity contribution in [1.82, 2.24) is 10.6 Å². The van der Waals surface area contributed by atoms with Crippen LogP contribution in [0.25, 0.3) is 0 Å². The first kappa shape index (κ1) is 21.0. The number of aliphatic hydroxyl groups is 1. The standard InChI is InChI=1S/C21H31F3N2O3/c22-21(23,24)14-3-1-12(2-4-14)11-29-16-5-6-18-17(9-16)19(10-25-18)26-20(28)13-7-15(27)8-13/h10,12-18,25,27H,1-9,11H2,(H,26,28). The number of alkyl halides is 3. The van der Waals surface area contributed by atoms with Crippen molar-refractivity contribution in [2.75, 3.05) is 6.61 Å². The van der Waals surface area contributed by atoms with Crippen molar-refractivity contribution >= 4 is 5.91 Å². The van der Waals surface area contributed by atoms with E-state index in [4.69, 9.17) is 4.74 Å². The van der Waals surface area contributed by atoms with Crippen molar-refractivity contribution in [3.8, 4) is 0 Å². The van der Waals surface area contributed by atoms with E-state index in [2.05, 4.69) is 10.6 Å². The highest BCUT2D eigenvalue weighted by Crippen LogP contribution is 2.40. The molecule has 0 bridgehead atoms. The Morgan fingerprint density at radius 2 is 1.86 bits per heavy atom. The molecule has 3 aliphatic carbocycles. The van der Waals surface area contributed by atoms with Gasteiger partial charge in [0, 0.05) is 36.4 Å². The van der Waals surface area contributed by atoms with E-state index >= 15 is 0 Å². The molecule has 0 aromatic heterocycles. The molecule has 1 aliphatic heterocycles. The van der Waals surface area contributed by atoms with Gasteiger partial charge in [0.15, 0.2) is 0 Å². The number of hydrogen-bond acceptors (Lipinski definition) is 4. The fraction of sp³-hybridized carbons (Fsp3) is 0.857. The molecule has 8 heteroatoms. The molecular formula is C21H31F3N2O3. The molecule has 0 radical (unpaired) electrons. The lowest BCUT2D eigenvalue weighted by Gasteiger charge is -2.36. The number of amides is 1. The van der Waals surface area contributed by atoms with Crippen molar-refractivity contribution in [2.45, 2.75) is 82.2 Å². The number of ether oxygens (including phenoxy) is 1. The predicted molar refractivity (Wildman–Crippen MR) is 100 cm³/mol. The minimum atomic E-state index is -4.07. The third kappa shape index (κ3) is 4.90. The number of aliphatic hydroxyl groups excluding tert-OH is 1. The molecule has 5 nitrogen and oxygen atoms in total. The fourth-order valence-electron chi connectivity index (χ4n) is 5.23. The van der Waals surface area contributed by atoms with Crippen LogP contribution in [0.1, 0.15) is 57.8 Å². The first-order valence-corrected chi connectivity index (χ1v) is 10.9. The molecule has 3 unspecified atom stereocenters. The maximum absolute atomic E-state index is 12.8. The van der Waals surface area contributed by atoms with Gasteiger partial charge >= 0.3 is 6.18 Å². The van der Waals surface area contributed by atoms with Crippen LogP contribution in [-0.2, 0) is 9.53 Å². The van der Waals surface area contributed by atoms with Crippen molar-refractivity contribution in [3.05, 3.63) is 11.9 Å². The van der Waals surface area contributed by atoms with E-state index in [0.717, 1.165) is 25.0 Å². The summed E-state index contributed by atoms with van der Waals surface area (Å²) in [6.45, 7) is 0.533. The number of rotatable bonds is 5. The van der Waals surface area contributed by atoms with Crippen LogP contribution < -0.4 is 10.6 Å². The molecule has 164 valence electrons. The zero-order chi connectivity index (χ0) is 20.6. The van der Waals surface area contributed by atoms with Crippen LogP contribution in [0.15, 0.2) is 11.9 Å². The van der Waals surface area contributed by atoms with Crippen LogP contribution in [0.2, 0.25) is 0 Å². The van der Waals surface area contributed by atoms with E-state index in [9.17, 15) is 23.1 Å². The average Bonchev–Trinajstić information content (AvgIpc) is 3.05. The molecule has 3 saturated carbocycles. The summed E-state index contributed by atoms with van der Waals surface area (Å²) in [4.78, 5) is 12.3. The highest BCUT2D eigenvalue weighted by Gasteiger charge is 2.42. The summed E-state index contributed by atoms with van der Waals surface area (Å²) in [5.74, 6) is -0.857. The van der Waals surface area contributed by atoms with E-state index in [1.165, 1.54) is 0 Å². The molecule has 3 atom stereocenters. The second-order valence-corrected chi connectivity index (χ2v) is 9.32. The van der Waals surface area contributed by atoms with E-state index in [0.29, 0.717) is 38.3 Å². The fourth-order valence-corrected chi connectivity index (χ4v) is 5.23. The number of fused-ring (bicyclic) bond motifs is 1. The largest absolute Gasteiger partial charge is 0.393 e. The number of hydrogen-bond donors (Lipinski definition) is 3. The highest BCUT2D eigenvalue weighted by molar-refractivity contribution is 5.81. The minimum absolute atomic E-state index is 0.0199. The third-order valence-corrected chi connectivity index (χ3v) is 7.28. The number of carbonyl (C=O) groups excluding carboxylic acids is 1. The summed E-state index contributed by atoms with van der Waals surface area (Å²) in [7, 11) is 0. The van der Waals surface area contributed by atoms with Crippen LogP contribution in [0.5, 0.6) is 0 Å². The molecule has 4 aliphatic rings. The van der Waals surface area contributed by atoms with Gasteiger partial charge in [-0.2, -0.15) is 13.2 Å². The lowest BCUT2D eigenvalue weighted by atomic mass is 9.80. The van der Waals surface area contributed by atoms with Gasteiger partial charge in [0.1, 0.15) is 0 Å². The maximum Gasteiger partial charge on any atom is 0.391 e. The Morgan fingerprint density at radius 1 is 1.14 bits per heavy atom. The number of carbonyl (C=O) groups is 1. The van der Waals surface area contributed by atoms with Crippen molar-refractivity contribution in [3.63, 3.8) is 0 Å². The smallest absolute Gasteiger partial charge is 0.391 e. The second-order valence-electron chi connectivity index (χ2n) is 9.32. The molecule has 4 rings (SSSR count). The lowest BCUT2D eigenvalue weighted by molar-refractivity contribution is -0.185. The van der Waals surface area contributed by atoms with Gasteiger partial charge in [0.05, 0.1) is 18.1 Å². The van der Waals surface area contributed by atoms with Crippen LogP contribution in [0.4, 0.5) is 13.2 Å². The van der Waals surface area contributed by atoms with Crippen LogP contribution in [0, 0.1) is 23.7 Å². The molecule has 3 N–H and O–H groups in total. The summed E-state index contributed by atoms with van der Waals surface area (Å²) in [6.07, 6.45) is 2.91. The monoisotopic (exact) mass is 416 g/mol.